The molecule has 0 N–H and O–H groups in total. The number of likely N-dealkylation sites (tertiary alicyclic amines) is 1. The van der Waals surface area contributed by atoms with Crippen molar-refractivity contribution in [3.05, 3.63) is 12.7 Å². The highest BCUT2D eigenvalue weighted by Crippen LogP contribution is 2.27. The van der Waals surface area contributed by atoms with Gasteiger partial charge in [0.2, 0.25) is 11.8 Å². The van der Waals surface area contributed by atoms with Crippen molar-refractivity contribution < 1.29 is 14.3 Å². The van der Waals surface area contributed by atoms with Crippen molar-refractivity contribution in [1.82, 2.24) is 14.7 Å². The lowest BCUT2D eigenvalue weighted by Gasteiger charge is -2.30. The van der Waals surface area contributed by atoms with Crippen molar-refractivity contribution >= 4 is 11.8 Å². The third-order valence-electron chi connectivity index (χ3n) is 5.73. The minimum atomic E-state index is -0.183. The molecule has 0 aromatic heterocycles. The fourth-order valence-corrected chi connectivity index (χ4v) is 4.25. The van der Waals surface area contributed by atoms with Gasteiger partial charge in [0, 0.05) is 51.7 Å². The molecule has 0 bridgehead atoms. The van der Waals surface area contributed by atoms with Gasteiger partial charge in [0.05, 0.1) is 19.1 Å². The molecule has 1 atom stereocenters. The normalized spacial score (nSPS) is 25.5. The second kappa shape index (κ2) is 8.81. The van der Waals surface area contributed by atoms with Gasteiger partial charge in [-0.25, -0.2) is 0 Å². The van der Waals surface area contributed by atoms with Crippen LogP contribution >= 0.6 is 0 Å². The molecule has 6 nitrogen and oxygen atoms in total. The van der Waals surface area contributed by atoms with Gasteiger partial charge in [-0.15, -0.1) is 6.58 Å². The Kier molecular flexibility index (Phi) is 6.48. The molecule has 1 aliphatic carbocycles. The Morgan fingerprint density at radius 3 is 2.64 bits per heavy atom. The smallest absolute Gasteiger partial charge is 0.228 e. The van der Waals surface area contributed by atoms with Gasteiger partial charge in [0.15, 0.2) is 0 Å². The summed E-state index contributed by atoms with van der Waals surface area (Å²) in [7, 11) is 0. The van der Waals surface area contributed by atoms with Crippen LogP contribution in [-0.4, -0.2) is 85.0 Å². The summed E-state index contributed by atoms with van der Waals surface area (Å²) in [5.41, 5.74) is 0. The number of nitrogens with zero attached hydrogens (tertiary/aromatic N) is 3. The van der Waals surface area contributed by atoms with Crippen LogP contribution in [0.5, 0.6) is 0 Å². The first-order valence-corrected chi connectivity index (χ1v) is 9.68. The second-order valence-corrected chi connectivity index (χ2v) is 7.41. The van der Waals surface area contributed by atoms with Gasteiger partial charge < -0.3 is 14.5 Å². The lowest BCUT2D eigenvalue weighted by molar-refractivity contribution is -0.137. The zero-order chi connectivity index (χ0) is 17.6. The van der Waals surface area contributed by atoms with Crippen LogP contribution in [0.25, 0.3) is 0 Å². The Morgan fingerprint density at radius 2 is 1.96 bits per heavy atom. The fourth-order valence-electron chi connectivity index (χ4n) is 4.25. The minimum Gasteiger partial charge on any atom is -0.379 e. The molecule has 2 aliphatic heterocycles. The standard InChI is InChI=1S/C19H31N3O3/c1-2-7-22(17-5-3-4-6-17)19(24)16-14-18(23)21(15-16)9-8-20-10-12-25-13-11-20/h2,16-17H,1,3-15H2. The Bertz CT molecular complexity index is 484. The highest BCUT2D eigenvalue weighted by molar-refractivity contribution is 5.89. The summed E-state index contributed by atoms with van der Waals surface area (Å²) in [5.74, 6) is 0.0864. The zero-order valence-corrected chi connectivity index (χ0v) is 15.2. The van der Waals surface area contributed by atoms with Gasteiger partial charge in [-0.2, -0.15) is 0 Å². The third-order valence-corrected chi connectivity index (χ3v) is 5.73. The van der Waals surface area contributed by atoms with E-state index >= 15 is 0 Å². The molecular formula is C19H31N3O3. The predicted molar refractivity (Wildman–Crippen MR) is 96.1 cm³/mol. The SMILES string of the molecule is C=CCN(C(=O)C1CC(=O)N(CCN2CCOCC2)C1)C1CCCC1. The molecule has 2 amide bonds. The van der Waals surface area contributed by atoms with Gasteiger partial charge in [-0.1, -0.05) is 18.9 Å². The molecule has 6 heteroatoms. The topological polar surface area (TPSA) is 53.1 Å². The Hall–Kier alpha value is -1.40. The van der Waals surface area contributed by atoms with Crippen LogP contribution < -0.4 is 0 Å². The van der Waals surface area contributed by atoms with E-state index in [2.05, 4.69) is 11.5 Å². The highest BCUT2D eigenvalue weighted by Gasteiger charge is 2.38. The largest absolute Gasteiger partial charge is 0.379 e. The van der Waals surface area contributed by atoms with E-state index in [1.165, 1.54) is 12.8 Å². The zero-order valence-electron chi connectivity index (χ0n) is 15.2. The molecule has 1 unspecified atom stereocenters. The Morgan fingerprint density at radius 1 is 1.24 bits per heavy atom. The summed E-state index contributed by atoms with van der Waals surface area (Å²) in [6.45, 7) is 9.96. The molecule has 1 saturated carbocycles. The molecule has 25 heavy (non-hydrogen) atoms. The van der Waals surface area contributed by atoms with Crippen LogP contribution in [0.3, 0.4) is 0 Å². The van der Waals surface area contributed by atoms with Crippen LogP contribution in [-0.2, 0) is 14.3 Å². The number of amides is 2. The van der Waals surface area contributed by atoms with Crippen molar-refractivity contribution in [2.45, 2.75) is 38.1 Å². The first kappa shape index (κ1) is 18.4. The molecule has 140 valence electrons. The summed E-state index contributed by atoms with van der Waals surface area (Å²) in [6.07, 6.45) is 6.73. The van der Waals surface area contributed by atoms with Gasteiger partial charge >= 0.3 is 0 Å². The molecule has 0 radical (unpaired) electrons. The van der Waals surface area contributed by atoms with Crippen molar-refractivity contribution in [3.8, 4) is 0 Å². The van der Waals surface area contributed by atoms with E-state index in [0.29, 0.717) is 32.1 Å². The molecule has 0 aromatic rings. The van der Waals surface area contributed by atoms with Crippen LogP contribution in [0.15, 0.2) is 12.7 Å². The number of hydrogen-bond donors (Lipinski definition) is 0. The number of ether oxygens (including phenoxy) is 1. The fraction of sp³-hybridized carbons (Fsp3) is 0.789. The third kappa shape index (κ3) is 4.61. The number of carbonyl (C=O) groups excluding carboxylic acids is 2. The van der Waals surface area contributed by atoms with Crippen molar-refractivity contribution in [1.29, 1.82) is 0 Å². The summed E-state index contributed by atoms with van der Waals surface area (Å²) in [6, 6.07) is 0.336. The van der Waals surface area contributed by atoms with Crippen LogP contribution in [0, 0.1) is 5.92 Å². The van der Waals surface area contributed by atoms with Crippen molar-refractivity contribution in [2.24, 2.45) is 5.92 Å². The first-order chi connectivity index (χ1) is 12.2. The minimum absolute atomic E-state index is 0.122. The second-order valence-electron chi connectivity index (χ2n) is 7.41. The van der Waals surface area contributed by atoms with E-state index in [0.717, 1.165) is 45.7 Å². The quantitative estimate of drug-likeness (QED) is 0.647. The molecule has 3 aliphatic rings. The lowest BCUT2D eigenvalue weighted by atomic mass is 10.0. The maximum Gasteiger partial charge on any atom is 0.228 e. The van der Waals surface area contributed by atoms with E-state index in [1.54, 1.807) is 0 Å². The summed E-state index contributed by atoms with van der Waals surface area (Å²) in [5, 5.41) is 0. The molecule has 0 aromatic carbocycles. The highest BCUT2D eigenvalue weighted by atomic mass is 16.5. The maximum absolute atomic E-state index is 13.0. The van der Waals surface area contributed by atoms with Gasteiger partial charge in [-0.05, 0) is 12.8 Å². The molecule has 2 heterocycles. The Balaban J connectivity index is 1.52. The summed E-state index contributed by atoms with van der Waals surface area (Å²) < 4.78 is 5.36. The van der Waals surface area contributed by atoms with Crippen LogP contribution in [0.4, 0.5) is 0 Å². The van der Waals surface area contributed by atoms with E-state index in [1.807, 2.05) is 15.9 Å². The predicted octanol–water partition coefficient (Wildman–Crippen LogP) is 1.12. The summed E-state index contributed by atoms with van der Waals surface area (Å²) in [4.78, 5) is 31.5. The molecule has 2 saturated heterocycles. The number of rotatable bonds is 7. The van der Waals surface area contributed by atoms with E-state index in [-0.39, 0.29) is 17.7 Å². The lowest BCUT2D eigenvalue weighted by Crippen LogP contribution is -2.44. The number of carbonyl (C=O) groups is 2. The maximum atomic E-state index is 13.0. The summed E-state index contributed by atoms with van der Waals surface area (Å²) >= 11 is 0. The molecular weight excluding hydrogens is 318 g/mol. The van der Waals surface area contributed by atoms with E-state index in [9.17, 15) is 9.59 Å². The van der Waals surface area contributed by atoms with Gasteiger partial charge in [0.25, 0.3) is 0 Å². The average molecular weight is 349 g/mol. The first-order valence-electron chi connectivity index (χ1n) is 9.68. The van der Waals surface area contributed by atoms with Crippen molar-refractivity contribution in [3.63, 3.8) is 0 Å². The van der Waals surface area contributed by atoms with Crippen LogP contribution in [0.1, 0.15) is 32.1 Å². The van der Waals surface area contributed by atoms with Crippen LogP contribution in [0.2, 0.25) is 0 Å². The Labute approximate surface area is 150 Å². The number of morpholine rings is 1. The monoisotopic (exact) mass is 349 g/mol. The van der Waals surface area contributed by atoms with E-state index in [4.69, 9.17) is 4.74 Å². The molecule has 3 fully saturated rings. The van der Waals surface area contributed by atoms with E-state index < -0.39 is 0 Å². The van der Waals surface area contributed by atoms with Gasteiger partial charge in [0.1, 0.15) is 0 Å². The molecule has 3 rings (SSSR count). The number of hydrogen-bond acceptors (Lipinski definition) is 4. The average Bonchev–Trinajstić information content (AvgIpc) is 3.28. The van der Waals surface area contributed by atoms with Crippen molar-refractivity contribution in [2.75, 3.05) is 52.5 Å². The van der Waals surface area contributed by atoms with Gasteiger partial charge in [-0.3, -0.25) is 14.5 Å². The molecule has 0 spiro atoms.